The number of anilines is 2. The van der Waals surface area contributed by atoms with E-state index in [4.69, 9.17) is 4.74 Å². The number of fused-ring (bicyclic) bond motifs is 2. The summed E-state index contributed by atoms with van der Waals surface area (Å²) < 4.78 is 5.83. The van der Waals surface area contributed by atoms with Crippen LogP contribution in [0.15, 0.2) is 24.4 Å². The van der Waals surface area contributed by atoms with Crippen molar-refractivity contribution in [3.8, 4) is 5.88 Å². The number of nitrogens with zero attached hydrogens (tertiary/aromatic N) is 3. The molecule has 8 nitrogen and oxygen atoms in total. The van der Waals surface area contributed by atoms with Crippen molar-refractivity contribution in [3.05, 3.63) is 41.1 Å². The van der Waals surface area contributed by atoms with Crippen LogP contribution in [0.4, 0.5) is 11.6 Å². The van der Waals surface area contributed by atoms with Crippen molar-refractivity contribution in [2.75, 3.05) is 38.2 Å². The number of nitrogens with one attached hydrogen (secondary N) is 3. The van der Waals surface area contributed by atoms with Gasteiger partial charge in [0.25, 0.3) is 5.91 Å². The van der Waals surface area contributed by atoms with Gasteiger partial charge < -0.3 is 25.6 Å². The molecular formula is C23H30N6O2. The zero-order valence-electron chi connectivity index (χ0n) is 18.2. The maximum absolute atomic E-state index is 12.9. The largest absolute Gasteiger partial charge is 0.455 e. The van der Waals surface area contributed by atoms with E-state index in [1.165, 1.54) is 11.1 Å². The Hall–Kier alpha value is -2.71. The fourth-order valence-electron chi connectivity index (χ4n) is 4.77. The second kappa shape index (κ2) is 8.09. The SMILES string of the molecule is CC1(C)CNCc2cc(Nc3ncc4c(n3)OCN(CC3CCNCC3)C4=O)ccc21. The zero-order chi connectivity index (χ0) is 21.4. The van der Waals surface area contributed by atoms with Crippen LogP contribution in [0, 0.1) is 5.92 Å². The van der Waals surface area contributed by atoms with Crippen LogP contribution in [-0.2, 0) is 12.0 Å². The lowest BCUT2D eigenvalue weighted by atomic mass is 9.79. The van der Waals surface area contributed by atoms with Crippen molar-refractivity contribution < 1.29 is 9.53 Å². The minimum atomic E-state index is -0.0478. The number of hydrogen-bond acceptors (Lipinski definition) is 7. The van der Waals surface area contributed by atoms with Gasteiger partial charge in [-0.15, -0.1) is 0 Å². The van der Waals surface area contributed by atoms with Gasteiger partial charge in [-0.05, 0) is 55.1 Å². The standard InChI is InChI=1S/C23H30N6O2/c1-23(2)13-25-10-16-9-17(3-4-19(16)23)27-22-26-11-18-20(28-22)31-14-29(21(18)30)12-15-5-7-24-8-6-15/h3-4,9,11,15,24-25H,5-8,10,12-14H2,1-2H3,(H,26,27,28). The molecule has 5 rings (SSSR count). The Kier molecular flexibility index (Phi) is 5.27. The monoisotopic (exact) mass is 422 g/mol. The number of carbonyl (C=O) groups excluding carboxylic acids is 1. The summed E-state index contributed by atoms with van der Waals surface area (Å²) >= 11 is 0. The quantitative estimate of drug-likeness (QED) is 0.697. The smallest absolute Gasteiger partial charge is 0.263 e. The summed E-state index contributed by atoms with van der Waals surface area (Å²) in [5.74, 6) is 1.25. The van der Waals surface area contributed by atoms with Crippen LogP contribution in [0.2, 0.25) is 0 Å². The molecule has 0 saturated carbocycles. The molecule has 3 aliphatic heterocycles. The average molecular weight is 423 g/mol. The number of carbonyl (C=O) groups is 1. The number of benzene rings is 1. The lowest BCUT2D eigenvalue weighted by molar-refractivity contribution is 0.0442. The summed E-state index contributed by atoms with van der Waals surface area (Å²) in [5, 5.41) is 10.1. The first-order valence-corrected chi connectivity index (χ1v) is 11.1. The topological polar surface area (TPSA) is 91.4 Å². The van der Waals surface area contributed by atoms with Gasteiger partial charge in [-0.2, -0.15) is 4.98 Å². The maximum atomic E-state index is 12.9. The van der Waals surface area contributed by atoms with E-state index >= 15 is 0 Å². The number of amides is 1. The Labute approximate surface area is 182 Å². The number of rotatable bonds is 4. The third kappa shape index (κ3) is 4.09. The highest BCUT2D eigenvalue weighted by molar-refractivity contribution is 5.97. The molecule has 3 aliphatic rings. The van der Waals surface area contributed by atoms with E-state index in [1.807, 2.05) is 0 Å². The second-order valence-electron chi connectivity index (χ2n) is 9.39. The van der Waals surface area contributed by atoms with E-state index in [0.29, 0.717) is 23.3 Å². The summed E-state index contributed by atoms with van der Waals surface area (Å²) in [6.45, 7) is 9.31. The number of aromatic nitrogens is 2. The van der Waals surface area contributed by atoms with Gasteiger partial charge in [0.2, 0.25) is 11.8 Å². The van der Waals surface area contributed by atoms with Crippen molar-refractivity contribution in [1.29, 1.82) is 0 Å². The molecule has 4 heterocycles. The third-order valence-electron chi connectivity index (χ3n) is 6.54. The molecular weight excluding hydrogens is 392 g/mol. The van der Waals surface area contributed by atoms with Crippen molar-refractivity contribution in [3.63, 3.8) is 0 Å². The molecule has 2 aromatic rings. The fraction of sp³-hybridized carbons (Fsp3) is 0.522. The van der Waals surface area contributed by atoms with Crippen LogP contribution < -0.4 is 20.7 Å². The summed E-state index contributed by atoms with van der Waals surface area (Å²) in [7, 11) is 0. The number of hydrogen-bond donors (Lipinski definition) is 3. The first-order chi connectivity index (χ1) is 15.0. The van der Waals surface area contributed by atoms with E-state index in [1.54, 1.807) is 11.1 Å². The molecule has 1 amide bonds. The second-order valence-corrected chi connectivity index (χ2v) is 9.39. The summed E-state index contributed by atoms with van der Waals surface area (Å²) in [6, 6.07) is 6.37. The summed E-state index contributed by atoms with van der Waals surface area (Å²) in [6.07, 6.45) is 3.75. The van der Waals surface area contributed by atoms with Crippen LogP contribution in [0.3, 0.4) is 0 Å². The minimum Gasteiger partial charge on any atom is -0.455 e. The molecule has 0 bridgehead atoms. The molecule has 8 heteroatoms. The molecule has 1 aromatic heterocycles. The van der Waals surface area contributed by atoms with E-state index in [0.717, 1.165) is 51.3 Å². The molecule has 31 heavy (non-hydrogen) atoms. The van der Waals surface area contributed by atoms with Crippen LogP contribution in [0.1, 0.15) is 48.2 Å². The molecule has 0 aliphatic carbocycles. The molecule has 1 aromatic carbocycles. The molecule has 1 saturated heterocycles. The van der Waals surface area contributed by atoms with Crippen LogP contribution in [-0.4, -0.2) is 53.7 Å². The van der Waals surface area contributed by atoms with Crippen LogP contribution in [0.5, 0.6) is 5.88 Å². The molecule has 1 fully saturated rings. The Morgan fingerprint density at radius 2 is 2.10 bits per heavy atom. The van der Waals surface area contributed by atoms with Crippen LogP contribution >= 0.6 is 0 Å². The van der Waals surface area contributed by atoms with Gasteiger partial charge in [0, 0.05) is 36.9 Å². The van der Waals surface area contributed by atoms with Gasteiger partial charge in [0.15, 0.2) is 6.73 Å². The first-order valence-electron chi connectivity index (χ1n) is 11.1. The molecule has 0 atom stereocenters. The molecule has 3 N–H and O–H groups in total. The summed E-state index contributed by atoms with van der Waals surface area (Å²) in [5.41, 5.74) is 4.11. The minimum absolute atomic E-state index is 0.0478. The predicted octanol–water partition coefficient (Wildman–Crippen LogP) is 2.39. The highest BCUT2D eigenvalue weighted by Gasteiger charge is 2.30. The van der Waals surface area contributed by atoms with Crippen molar-refractivity contribution in [2.45, 2.75) is 38.6 Å². The molecule has 164 valence electrons. The molecule has 0 spiro atoms. The van der Waals surface area contributed by atoms with Gasteiger partial charge in [-0.3, -0.25) is 4.79 Å². The number of ether oxygens (including phenoxy) is 1. The van der Waals surface area contributed by atoms with Gasteiger partial charge >= 0.3 is 0 Å². The first kappa shape index (κ1) is 20.2. The van der Waals surface area contributed by atoms with Gasteiger partial charge in [-0.1, -0.05) is 19.9 Å². The Balaban J connectivity index is 1.30. The van der Waals surface area contributed by atoms with E-state index in [9.17, 15) is 4.79 Å². The third-order valence-corrected chi connectivity index (χ3v) is 6.54. The van der Waals surface area contributed by atoms with Crippen molar-refractivity contribution in [2.24, 2.45) is 5.92 Å². The van der Waals surface area contributed by atoms with E-state index in [2.05, 4.69) is 58.0 Å². The van der Waals surface area contributed by atoms with Crippen molar-refractivity contribution in [1.82, 2.24) is 25.5 Å². The average Bonchev–Trinajstić information content (AvgIpc) is 2.76. The summed E-state index contributed by atoms with van der Waals surface area (Å²) in [4.78, 5) is 23.5. The normalized spacial score (nSPS) is 20.6. The van der Waals surface area contributed by atoms with Crippen molar-refractivity contribution >= 4 is 17.5 Å². The Morgan fingerprint density at radius 1 is 1.26 bits per heavy atom. The number of piperidine rings is 1. The molecule has 0 unspecified atom stereocenters. The zero-order valence-corrected chi connectivity index (χ0v) is 18.2. The van der Waals surface area contributed by atoms with Gasteiger partial charge in [-0.25, -0.2) is 4.98 Å². The highest BCUT2D eigenvalue weighted by Crippen LogP contribution is 2.32. The lowest BCUT2D eigenvalue weighted by Gasteiger charge is -2.33. The Morgan fingerprint density at radius 3 is 2.94 bits per heavy atom. The Bertz CT molecular complexity index is 986. The highest BCUT2D eigenvalue weighted by atomic mass is 16.5. The molecule has 0 radical (unpaired) electrons. The van der Waals surface area contributed by atoms with E-state index in [-0.39, 0.29) is 18.1 Å². The van der Waals surface area contributed by atoms with Gasteiger partial charge in [0.1, 0.15) is 5.56 Å². The lowest BCUT2D eigenvalue weighted by Crippen LogP contribution is -2.44. The van der Waals surface area contributed by atoms with Crippen LogP contribution in [0.25, 0.3) is 0 Å². The predicted molar refractivity (Wildman–Crippen MR) is 119 cm³/mol. The van der Waals surface area contributed by atoms with E-state index < -0.39 is 0 Å². The van der Waals surface area contributed by atoms with Gasteiger partial charge in [0.05, 0.1) is 0 Å². The maximum Gasteiger partial charge on any atom is 0.263 e. The fourth-order valence-corrected chi connectivity index (χ4v) is 4.77.